The summed E-state index contributed by atoms with van der Waals surface area (Å²) in [6.07, 6.45) is 0.246. The van der Waals surface area contributed by atoms with Crippen molar-refractivity contribution >= 4 is 23.2 Å². The molecule has 80 valence electrons. The van der Waals surface area contributed by atoms with Gasteiger partial charge < -0.3 is 10.1 Å². The molecule has 0 saturated heterocycles. The van der Waals surface area contributed by atoms with Crippen LogP contribution in [0.4, 0.5) is 5.69 Å². The maximum atomic E-state index is 11.4. The van der Waals surface area contributed by atoms with Crippen LogP contribution < -0.4 is 10.1 Å². The number of hydrogen-bond donors (Lipinski definition) is 1. The number of hydrogen-bond acceptors (Lipinski definition) is 2. The molecule has 4 heteroatoms. The summed E-state index contributed by atoms with van der Waals surface area (Å²) in [6.45, 7) is 3.76. The van der Waals surface area contributed by atoms with Crippen molar-refractivity contribution in [3.63, 3.8) is 0 Å². The van der Waals surface area contributed by atoms with E-state index < -0.39 is 0 Å². The topological polar surface area (TPSA) is 38.3 Å². The lowest BCUT2D eigenvalue weighted by Gasteiger charge is -2.12. The van der Waals surface area contributed by atoms with Gasteiger partial charge >= 0.3 is 0 Å². The average molecular weight is 226 g/mol. The Labute approximate surface area is 93.4 Å². The Bertz CT molecular complexity index is 417. The predicted octanol–water partition coefficient (Wildman–Crippen LogP) is 2.76. The van der Waals surface area contributed by atoms with Crippen LogP contribution in [-0.4, -0.2) is 12.0 Å². The van der Waals surface area contributed by atoms with Crippen LogP contribution in [0.2, 0.25) is 5.02 Å². The van der Waals surface area contributed by atoms with Gasteiger partial charge in [-0.2, -0.15) is 0 Å². The van der Waals surface area contributed by atoms with Crippen LogP contribution >= 0.6 is 11.6 Å². The van der Waals surface area contributed by atoms with Crippen molar-refractivity contribution in [1.29, 1.82) is 0 Å². The standard InChI is InChI=1S/C11H12ClNO2/c1-6-3-9-10(5-8(6)12)15-7(2)4-11(14)13-9/h3,5,7H,4H2,1-2H3,(H,13,14). The van der Waals surface area contributed by atoms with Crippen molar-refractivity contribution in [2.45, 2.75) is 26.4 Å². The number of amides is 1. The van der Waals surface area contributed by atoms with E-state index in [0.717, 1.165) is 5.56 Å². The Hall–Kier alpha value is -1.22. The van der Waals surface area contributed by atoms with E-state index >= 15 is 0 Å². The largest absolute Gasteiger partial charge is 0.488 e. The minimum Gasteiger partial charge on any atom is -0.488 e. The second kappa shape index (κ2) is 3.74. The van der Waals surface area contributed by atoms with Gasteiger partial charge in [-0.15, -0.1) is 0 Å². The van der Waals surface area contributed by atoms with Gasteiger partial charge in [-0.3, -0.25) is 4.79 Å². The van der Waals surface area contributed by atoms with Gasteiger partial charge in [0.15, 0.2) is 0 Å². The summed E-state index contributed by atoms with van der Waals surface area (Å²) >= 11 is 5.99. The van der Waals surface area contributed by atoms with Crippen LogP contribution in [0.25, 0.3) is 0 Å². The molecule has 0 aliphatic carbocycles. The third-order valence-corrected chi connectivity index (χ3v) is 2.74. The van der Waals surface area contributed by atoms with E-state index in [2.05, 4.69) is 5.32 Å². The van der Waals surface area contributed by atoms with Crippen LogP contribution in [0.5, 0.6) is 5.75 Å². The van der Waals surface area contributed by atoms with Gasteiger partial charge in [0.1, 0.15) is 11.9 Å². The number of rotatable bonds is 0. The van der Waals surface area contributed by atoms with Gasteiger partial charge in [0.25, 0.3) is 0 Å². The molecule has 1 amide bonds. The monoisotopic (exact) mass is 225 g/mol. The fourth-order valence-electron chi connectivity index (χ4n) is 1.58. The first kappa shape index (κ1) is 10.3. The summed E-state index contributed by atoms with van der Waals surface area (Å²) in [7, 11) is 0. The van der Waals surface area contributed by atoms with Crippen LogP contribution in [-0.2, 0) is 4.79 Å². The van der Waals surface area contributed by atoms with Gasteiger partial charge in [-0.1, -0.05) is 11.6 Å². The van der Waals surface area contributed by atoms with Crippen LogP contribution in [0.1, 0.15) is 18.9 Å². The SMILES string of the molecule is Cc1cc2c(cc1Cl)OC(C)CC(=O)N2. The zero-order chi connectivity index (χ0) is 11.0. The minimum absolute atomic E-state index is 0.0250. The van der Waals surface area contributed by atoms with Gasteiger partial charge in [-0.25, -0.2) is 0 Å². The maximum absolute atomic E-state index is 11.4. The van der Waals surface area contributed by atoms with Crippen molar-refractivity contribution in [2.24, 2.45) is 0 Å². The van der Waals surface area contributed by atoms with Crippen LogP contribution in [0, 0.1) is 6.92 Å². The Balaban J connectivity index is 2.46. The predicted molar refractivity (Wildman–Crippen MR) is 59.5 cm³/mol. The van der Waals surface area contributed by atoms with Crippen LogP contribution in [0.3, 0.4) is 0 Å². The first-order valence-corrected chi connectivity index (χ1v) is 5.20. The van der Waals surface area contributed by atoms with Gasteiger partial charge in [-0.05, 0) is 25.5 Å². The molecular formula is C11H12ClNO2. The highest BCUT2D eigenvalue weighted by molar-refractivity contribution is 6.31. The highest BCUT2D eigenvalue weighted by Gasteiger charge is 2.19. The molecule has 1 atom stereocenters. The first-order chi connectivity index (χ1) is 7.06. The van der Waals surface area contributed by atoms with Crippen LogP contribution in [0.15, 0.2) is 12.1 Å². The quantitative estimate of drug-likeness (QED) is 0.737. The zero-order valence-electron chi connectivity index (χ0n) is 8.63. The summed E-state index contributed by atoms with van der Waals surface area (Å²) in [5.41, 5.74) is 1.63. The van der Waals surface area contributed by atoms with E-state index in [1.165, 1.54) is 0 Å². The van der Waals surface area contributed by atoms with Gasteiger partial charge in [0.2, 0.25) is 5.91 Å². The second-order valence-electron chi connectivity index (χ2n) is 3.78. The van der Waals surface area contributed by atoms with Crippen molar-refractivity contribution < 1.29 is 9.53 Å². The molecule has 0 aromatic heterocycles. The third-order valence-electron chi connectivity index (χ3n) is 2.34. The molecule has 0 radical (unpaired) electrons. The lowest BCUT2D eigenvalue weighted by molar-refractivity contribution is -0.117. The second-order valence-corrected chi connectivity index (χ2v) is 4.19. The number of aryl methyl sites for hydroxylation is 1. The van der Waals surface area contributed by atoms with Crippen molar-refractivity contribution in [1.82, 2.24) is 0 Å². The maximum Gasteiger partial charge on any atom is 0.228 e. The molecule has 1 aliphatic heterocycles. The highest BCUT2D eigenvalue weighted by atomic mass is 35.5. The lowest BCUT2D eigenvalue weighted by atomic mass is 10.2. The molecule has 2 rings (SSSR count). The fourth-order valence-corrected chi connectivity index (χ4v) is 1.73. The summed E-state index contributed by atoms with van der Waals surface area (Å²) < 4.78 is 5.60. The Morgan fingerprint density at radius 2 is 2.27 bits per heavy atom. The Kier molecular flexibility index (Phi) is 2.57. The third kappa shape index (κ3) is 2.07. The van der Waals surface area contributed by atoms with Crippen molar-refractivity contribution in [3.8, 4) is 5.75 Å². The van der Waals surface area contributed by atoms with E-state index in [9.17, 15) is 4.79 Å². The van der Waals surface area contributed by atoms with E-state index in [4.69, 9.17) is 16.3 Å². The molecule has 1 heterocycles. The number of halogens is 1. The fraction of sp³-hybridized carbons (Fsp3) is 0.364. The summed E-state index contributed by atoms with van der Waals surface area (Å²) in [6, 6.07) is 3.57. The molecule has 1 N–H and O–H groups in total. The van der Waals surface area contributed by atoms with E-state index in [1.54, 1.807) is 6.07 Å². The zero-order valence-corrected chi connectivity index (χ0v) is 9.39. The first-order valence-electron chi connectivity index (χ1n) is 4.83. The Morgan fingerprint density at radius 3 is 3.00 bits per heavy atom. The number of nitrogens with one attached hydrogen (secondary N) is 1. The number of fused-ring (bicyclic) bond motifs is 1. The van der Waals surface area contributed by atoms with Gasteiger partial charge in [0, 0.05) is 11.1 Å². The van der Waals surface area contributed by atoms with E-state index in [-0.39, 0.29) is 12.0 Å². The molecule has 1 aromatic carbocycles. The molecule has 1 aliphatic rings. The number of benzene rings is 1. The minimum atomic E-state index is -0.120. The highest BCUT2D eigenvalue weighted by Crippen LogP contribution is 2.33. The summed E-state index contributed by atoms with van der Waals surface area (Å²) in [5, 5.41) is 3.45. The normalized spacial score (nSPS) is 19.9. The molecule has 0 saturated carbocycles. The molecule has 1 unspecified atom stereocenters. The van der Waals surface area contributed by atoms with Gasteiger partial charge in [0.05, 0.1) is 12.1 Å². The molecular weight excluding hydrogens is 214 g/mol. The number of ether oxygens (including phenoxy) is 1. The smallest absolute Gasteiger partial charge is 0.228 e. The average Bonchev–Trinajstić information content (AvgIpc) is 2.24. The number of anilines is 1. The number of carbonyl (C=O) groups excluding carboxylic acids is 1. The Morgan fingerprint density at radius 1 is 1.53 bits per heavy atom. The molecule has 1 aromatic rings. The van der Waals surface area contributed by atoms with E-state index in [1.807, 2.05) is 19.9 Å². The molecule has 15 heavy (non-hydrogen) atoms. The molecule has 0 spiro atoms. The number of carbonyl (C=O) groups is 1. The molecule has 3 nitrogen and oxygen atoms in total. The van der Waals surface area contributed by atoms with Crippen molar-refractivity contribution in [2.75, 3.05) is 5.32 Å². The summed E-state index contributed by atoms with van der Waals surface area (Å²) in [5.74, 6) is 0.618. The van der Waals surface area contributed by atoms with E-state index in [0.29, 0.717) is 22.9 Å². The molecule has 0 fully saturated rings. The van der Waals surface area contributed by atoms with Crippen molar-refractivity contribution in [3.05, 3.63) is 22.7 Å². The lowest BCUT2D eigenvalue weighted by Crippen LogP contribution is -2.17. The molecule has 0 bridgehead atoms. The summed E-state index contributed by atoms with van der Waals surface area (Å²) in [4.78, 5) is 11.4.